The molecular formula is C18H23N3O2. The molecule has 0 fully saturated rings. The second-order valence-electron chi connectivity index (χ2n) is 5.52. The Kier molecular flexibility index (Phi) is 5.46. The van der Waals surface area contributed by atoms with Gasteiger partial charge in [-0.2, -0.15) is 0 Å². The van der Waals surface area contributed by atoms with Crippen LogP contribution >= 0.6 is 0 Å². The number of rotatable bonds is 6. The number of anilines is 3. The van der Waals surface area contributed by atoms with E-state index >= 15 is 0 Å². The fraction of sp³-hybridized carbons (Fsp3) is 0.278. The summed E-state index contributed by atoms with van der Waals surface area (Å²) in [6, 6.07) is 12.9. The van der Waals surface area contributed by atoms with Gasteiger partial charge in [-0.05, 0) is 63.2 Å². The lowest BCUT2D eigenvalue weighted by Gasteiger charge is -2.15. The van der Waals surface area contributed by atoms with E-state index in [1.807, 2.05) is 45.0 Å². The van der Waals surface area contributed by atoms with Crippen molar-refractivity contribution in [3.63, 3.8) is 0 Å². The Labute approximate surface area is 136 Å². The Morgan fingerprint density at radius 1 is 1.17 bits per heavy atom. The average Bonchev–Trinajstić information content (AvgIpc) is 2.50. The molecule has 0 aliphatic carbocycles. The molecule has 0 aliphatic heterocycles. The molecule has 0 heterocycles. The van der Waals surface area contributed by atoms with E-state index in [-0.39, 0.29) is 11.9 Å². The van der Waals surface area contributed by atoms with Crippen molar-refractivity contribution in [1.29, 1.82) is 0 Å². The molecule has 0 atom stereocenters. The molecule has 4 N–H and O–H groups in total. The zero-order chi connectivity index (χ0) is 16.8. The van der Waals surface area contributed by atoms with Crippen LogP contribution in [0, 0.1) is 0 Å². The second-order valence-corrected chi connectivity index (χ2v) is 5.52. The van der Waals surface area contributed by atoms with Gasteiger partial charge in [-0.3, -0.25) is 4.79 Å². The molecule has 23 heavy (non-hydrogen) atoms. The number of nitrogens with two attached hydrogens (primary N) is 1. The third-order valence-corrected chi connectivity index (χ3v) is 3.15. The zero-order valence-electron chi connectivity index (χ0n) is 13.7. The third-order valence-electron chi connectivity index (χ3n) is 3.15. The summed E-state index contributed by atoms with van der Waals surface area (Å²) in [6.45, 7) is 6.41. The molecule has 5 nitrogen and oxygen atoms in total. The molecule has 0 radical (unpaired) electrons. The highest BCUT2D eigenvalue weighted by atomic mass is 16.5. The van der Waals surface area contributed by atoms with Gasteiger partial charge in [0.15, 0.2) is 0 Å². The van der Waals surface area contributed by atoms with Crippen LogP contribution in [-0.2, 0) is 0 Å². The minimum Gasteiger partial charge on any atom is -0.494 e. The predicted octanol–water partition coefficient (Wildman–Crippen LogP) is 3.55. The molecule has 0 bridgehead atoms. The minimum absolute atomic E-state index is 0.0576. The van der Waals surface area contributed by atoms with E-state index in [1.165, 1.54) is 0 Å². The van der Waals surface area contributed by atoms with Crippen molar-refractivity contribution in [2.75, 3.05) is 17.7 Å². The van der Waals surface area contributed by atoms with E-state index in [1.54, 1.807) is 18.2 Å². The smallest absolute Gasteiger partial charge is 0.253 e. The highest BCUT2D eigenvalue weighted by molar-refractivity contribution is 6.01. The van der Waals surface area contributed by atoms with E-state index in [9.17, 15) is 4.79 Å². The second kappa shape index (κ2) is 7.54. The van der Waals surface area contributed by atoms with Crippen LogP contribution in [0.5, 0.6) is 5.75 Å². The molecule has 2 aromatic carbocycles. The van der Waals surface area contributed by atoms with Crippen molar-refractivity contribution < 1.29 is 9.53 Å². The molecule has 0 unspecified atom stereocenters. The number of amides is 1. The van der Waals surface area contributed by atoms with E-state index < -0.39 is 0 Å². The molecular weight excluding hydrogens is 290 g/mol. The predicted molar refractivity (Wildman–Crippen MR) is 94.4 cm³/mol. The summed E-state index contributed by atoms with van der Waals surface area (Å²) >= 11 is 0. The van der Waals surface area contributed by atoms with Gasteiger partial charge in [0.2, 0.25) is 0 Å². The maximum absolute atomic E-state index is 12.3. The molecule has 0 saturated heterocycles. The standard InChI is InChI=1S/C18H23N3O2/c1-4-23-15-8-6-14(7-9-15)21-17-10-5-13(19)11-16(17)18(22)20-12(2)3/h5-12,21H,4,19H2,1-3H3,(H,20,22). The molecule has 2 rings (SSSR count). The fourth-order valence-corrected chi connectivity index (χ4v) is 2.16. The number of nitrogens with one attached hydrogen (secondary N) is 2. The van der Waals surface area contributed by atoms with Gasteiger partial charge < -0.3 is 21.1 Å². The lowest BCUT2D eigenvalue weighted by Crippen LogP contribution is -2.30. The van der Waals surface area contributed by atoms with Crippen LogP contribution in [-0.4, -0.2) is 18.6 Å². The molecule has 0 aliphatic rings. The largest absolute Gasteiger partial charge is 0.494 e. The maximum Gasteiger partial charge on any atom is 0.253 e. The first-order valence-corrected chi connectivity index (χ1v) is 7.70. The number of carbonyl (C=O) groups is 1. The van der Waals surface area contributed by atoms with Gasteiger partial charge in [-0.25, -0.2) is 0 Å². The van der Waals surface area contributed by atoms with Crippen LogP contribution in [0.2, 0.25) is 0 Å². The molecule has 0 saturated carbocycles. The normalized spacial score (nSPS) is 10.4. The molecule has 122 valence electrons. The molecule has 2 aromatic rings. The Morgan fingerprint density at radius 3 is 2.48 bits per heavy atom. The van der Waals surface area contributed by atoms with Crippen molar-refractivity contribution in [2.45, 2.75) is 26.8 Å². The maximum atomic E-state index is 12.3. The number of benzene rings is 2. The van der Waals surface area contributed by atoms with Crippen LogP contribution < -0.4 is 21.1 Å². The Hall–Kier alpha value is -2.69. The number of hydrogen-bond donors (Lipinski definition) is 3. The van der Waals surface area contributed by atoms with Crippen molar-refractivity contribution in [3.05, 3.63) is 48.0 Å². The number of hydrogen-bond acceptors (Lipinski definition) is 4. The van der Waals surface area contributed by atoms with Crippen LogP contribution in [0.4, 0.5) is 17.1 Å². The number of carbonyl (C=O) groups excluding carboxylic acids is 1. The van der Waals surface area contributed by atoms with Crippen LogP contribution in [0.1, 0.15) is 31.1 Å². The average molecular weight is 313 g/mol. The molecule has 0 aromatic heterocycles. The summed E-state index contributed by atoms with van der Waals surface area (Å²) in [5.41, 5.74) is 8.47. The quantitative estimate of drug-likeness (QED) is 0.713. The summed E-state index contributed by atoms with van der Waals surface area (Å²) in [5.74, 6) is 0.661. The number of ether oxygens (including phenoxy) is 1. The highest BCUT2D eigenvalue weighted by Gasteiger charge is 2.13. The molecule has 5 heteroatoms. The van der Waals surface area contributed by atoms with Crippen molar-refractivity contribution in [1.82, 2.24) is 5.32 Å². The minimum atomic E-state index is -0.152. The highest BCUT2D eigenvalue weighted by Crippen LogP contribution is 2.25. The van der Waals surface area contributed by atoms with Crippen LogP contribution in [0.25, 0.3) is 0 Å². The van der Waals surface area contributed by atoms with E-state index in [0.29, 0.717) is 23.5 Å². The van der Waals surface area contributed by atoms with Crippen molar-refractivity contribution >= 4 is 23.0 Å². The fourth-order valence-electron chi connectivity index (χ4n) is 2.16. The first-order valence-electron chi connectivity index (χ1n) is 7.70. The van der Waals surface area contributed by atoms with Crippen molar-refractivity contribution in [3.8, 4) is 5.75 Å². The van der Waals surface area contributed by atoms with Gasteiger partial charge in [0.25, 0.3) is 5.91 Å². The van der Waals surface area contributed by atoms with Gasteiger partial charge >= 0.3 is 0 Å². The van der Waals surface area contributed by atoms with E-state index in [0.717, 1.165) is 11.4 Å². The summed E-state index contributed by atoms with van der Waals surface area (Å²) in [7, 11) is 0. The third kappa shape index (κ3) is 4.64. The lowest BCUT2D eigenvalue weighted by molar-refractivity contribution is 0.0944. The van der Waals surface area contributed by atoms with Gasteiger partial charge in [-0.1, -0.05) is 0 Å². The lowest BCUT2D eigenvalue weighted by atomic mass is 10.1. The summed E-state index contributed by atoms with van der Waals surface area (Å²) in [6.07, 6.45) is 0. The summed E-state index contributed by atoms with van der Waals surface area (Å²) in [5, 5.41) is 6.14. The molecule has 1 amide bonds. The first kappa shape index (κ1) is 16.7. The Balaban J connectivity index is 2.23. The summed E-state index contributed by atoms with van der Waals surface area (Å²) < 4.78 is 5.42. The van der Waals surface area contributed by atoms with Gasteiger partial charge in [0.1, 0.15) is 5.75 Å². The Morgan fingerprint density at radius 2 is 1.87 bits per heavy atom. The monoisotopic (exact) mass is 313 g/mol. The van der Waals surface area contributed by atoms with Crippen LogP contribution in [0.3, 0.4) is 0 Å². The molecule has 0 spiro atoms. The van der Waals surface area contributed by atoms with E-state index in [2.05, 4.69) is 10.6 Å². The van der Waals surface area contributed by atoms with Gasteiger partial charge in [-0.15, -0.1) is 0 Å². The SMILES string of the molecule is CCOc1ccc(Nc2ccc(N)cc2C(=O)NC(C)C)cc1. The van der Waals surface area contributed by atoms with Crippen LogP contribution in [0.15, 0.2) is 42.5 Å². The topological polar surface area (TPSA) is 76.4 Å². The van der Waals surface area contributed by atoms with E-state index in [4.69, 9.17) is 10.5 Å². The zero-order valence-corrected chi connectivity index (χ0v) is 13.7. The van der Waals surface area contributed by atoms with Crippen molar-refractivity contribution in [2.24, 2.45) is 0 Å². The van der Waals surface area contributed by atoms with Gasteiger partial charge in [0.05, 0.1) is 17.9 Å². The first-order chi connectivity index (χ1) is 11.0. The Bertz CT molecular complexity index is 666. The number of nitrogen functional groups attached to an aromatic ring is 1. The van der Waals surface area contributed by atoms with Gasteiger partial charge in [0, 0.05) is 17.4 Å². The summed E-state index contributed by atoms with van der Waals surface area (Å²) in [4.78, 5) is 12.3.